The summed E-state index contributed by atoms with van der Waals surface area (Å²) in [5.74, 6) is -1.58. The second kappa shape index (κ2) is 9.76. The minimum absolute atomic E-state index is 0.103. The minimum atomic E-state index is -1.16. The lowest BCUT2D eigenvalue weighted by molar-refractivity contribution is -0.143. The number of carbonyl (C=O) groups excluding carboxylic acids is 3. The average molecular weight is 510 g/mol. The quantitative estimate of drug-likeness (QED) is 0.547. The van der Waals surface area contributed by atoms with Crippen molar-refractivity contribution in [2.75, 3.05) is 25.6 Å². The molecule has 9 heteroatoms. The molecule has 1 aromatic carbocycles. The van der Waals surface area contributed by atoms with Crippen molar-refractivity contribution in [1.82, 2.24) is 10.2 Å². The van der Waals surface area contributed by atoms with Crippen LogP contribution in [0.5, 0.6) is 5.75 Å². The summed E-state index contributed by atoms with van der Waals surface area (Å²) in [6.45, 7) is 0.982. The maximum atomic E-state index is 14.0. The number of likely N-dealkylation sites (tertiary alicyclic amines) is 1. The Morgan fingerprint density at radius 1 is 1.14 bits per heavy atom. The van der Waals surface area contributed by atoms with Crippen LogP contribution in [0.15, 0.2) is 36.4 Å². The van der Waals surface area contributed by atoms with Crippen molar-refractivity contribution in [3.05, 3.63) is 36.4 Å². The first kappa shape index (κ1) is 24.4. The Bertz CT molecular complexity index is 1100. The molecule has 4 fully saturated rings. The van der Waals surface area contributed by atoms with Crippen molar-refractivity contribution in [3.8, 4) is 5.75 Å². The Morgan fingerprint density at radius 3 is 2.73 bits per heavy atom. The van der Waals surface area contributed by atoms with Crippen LogP contribution in [-0.2, 0) is 23.9 Å². The highest BCUT2D eigenvalue weighted by Gasteiger charge is 2.73. The molecular weight excluding hydrogens is 474 g/mol. The minimum Gasteiger partial charge on any atom is -0.497 e. The van der Waals surface area contributed by atoms with Crippen LogP contribution in [0.4, 0.5) is 5.69 Å². The first-order chi connectivity index (χ1) is 18.0. The summed E-state index contributed by atoms with van der Waals surface area (Å²) >= 11 is 0. The summed E-state index contributed by atoms with van der Waals surface area (Å²) in [6.07, 6.45) is 10.1. The van der Waals surface area contributed by atoms with Gasteiger partial charge in [-0.05, 0) is 37.8 Å². The van der Waals surface area contributed by atoms with Crippen LogP contribution in [-0.4, -0.2) is 72.8 Å². The van der Waals surface area contributed by atoms with Crippen molar-refractivity contribution in [2.45, 2.75) is 74.8 Å². The molecule has 4 aliphatic heterocycles. The topological polar surface area (TPSA) is 106 Å². The molecule has 37 heavy (non-hydrogen) atoms. The first-order valence-electron chi connectivity index (χ1n) is 13.5. The number of nitrogens with zero attached hydrogens (tertiary/aromatic N) is 1. The van der Waals surface area contributed by atoms with Crippen LogP contribution >= 0.6 is 0 Å². The van der Waals surface area contributed by atoms with Gasteiger partial charge in [-0.3, -0.25) is 14.4 Å². The first-order valence-corrected chi connectivity index (χ1v) is 13.5. The van der Waals surface area contributed by atoms with Gasteiger partial charge in [-0.25, -0.2) is 0 Å². The predicted molar refractivity (Wildman–Crippen MR) is 135 cm³/mol. The second-order valence-electron chi connectivity index (χ2n) is 10.9. The van der Waals surface area contributed by atoms with E-state index in [-0.39, 0.29) is 29.9 Å². The summed E-state index contributed by atoms with van der Waals surface area (Å²) < 4.78 is 17.5. The van der Waals surface area contributed by atoms with Gasteiger partial charge in [0, 0.05) is 30.9 Å². The van der Waals surface area contributed by atoms with Gasteiger partial charge in [0.2, 0.25) is 17.7 Å². The molecule has 2 bridgehead atoms. The van der Waals surface area contributed by atoms with Crippen LogP contribution in [0.3, 0.4) is 0 Å². The van der Waals surface area contributed by atoms with Gasteiger partial charge < -0.3 is 29.7 Å². The largest absolute Gasteiger partial charge is 0.497 e. The van der Waals surface area contributed by atoms with Crippen LogP contribution in [0.25, 0.3) is 0 Å². The van der Waals surface area contributed by atoms with E-state index in [1.807, 2.05) is 12.2 Å². The fourth-order valence-electron chi connectivity index (χ4n) is 6.93. The zero-order chi connectivity index (χ0) is 25.6. The molecular formula is C28H35N3O6. The second-order valence-corrected chi connectivity index (χ2v) is 10.9. The maximum Gasteiger partial charge on any atom is 0.246 e. The molecule has 2 N–H and O–H groups in total. The van der Waals surface area contributed by atoms with E-state index in [0.717, 1.165) is 38.5 Å². The lowest BCUT2D eigenvalue weighted by Gasteiger charge is -2.34. The number of amides is 3. The van der Waals surface area contributed by atoms with E-state index >= 15 is 0 Å². The molecule has 1 saturated carbocycles. The highest BCUT2D eigenvalue weighted by molar-refractivity contribution is 6.02. The lowest BCUT2D eigenvalue weighted by Crippen LogP contribution is -2.57. The smallest absolute Gasteiger partial charge is 0.246 e. The molecule has 4 heterocycles. The van der Waals surface area contributed by atoms with E-state index in [0.29, 0.717) is 24.6 Å². The van der Waals surface area contributed by atoms with Gasteiger partial charge in [0.15, 0.2) is 0 Å². The summed E-state index contributed by atoms with van der Waals surface area (Å²) in [5.41, 5.74) is -0.575. The number of nitrogens with one attached hydrogen (secondary N) is 2. The number of benzene rings is 1. The number of ether oxygens (including phenoxy) is 3. The number of hydrogen-bond donors (Lipinski definition) is 2. The van der Waals surface area contributed by atoms with Crippen LogP contribution < -0.4 is 15.4 Å². The number of carbonyl (C=O) groups is 3. The number of anilines is 1. The number of fused-ring (bicyclic) bond motifs is 1. The highest BCUT2D eigenvalue weighted by atomic mass is 16.5. The molecule has 1 aromatic rings. The lowest BCUT2D eigenvalue weighted by atomic mass is 9.74. The molecule has 0 unspecified atom stereocenters. The number of methoxy groups -OCH3 is 1. The number of hydrogen-bond acceptors (Lipinski definition) is 6. The van der Waals surface area contributed by atoms with Crippen LogP contribution in [0.1, 0.15) is 44.9 Å². The van der Waals surface area contributed by atoms with Crippen molar-refractivity contribution in [2.24, 2.45) is 11.8 Å². The van der Waals surface area contributed by atoms with E-state index in [4.69, 9.17) is 14.2 Å². The molecule has 0 radical (unpaired) electrons. The molecule has 6 rings (SSSR count). The summed E-state index contributed by atoms with van der Waals surface area (Å²) in [5, 5.41) is 6.16. The van der Waals surface area contributed by atoms with E-state index in [2.05, 4.69) is 10.6 Å². The van der Waals surface area contributed by atoms with Gasteiger partial charge in [-0.1, -0.05) is 37.5 Å². The van der Waals surface area contributed by atoms with Gasteiger partial charge in [0.1, 0.15) is 17.4 Å². The third-order valence-corrected chi connectivity index (χ3v) is 8.64. The van der Waals surface area contributed by atoms with E-state index in [1.165, 1.54) is 6.42 Å². The standard InChI is InChI=1S/C28H35N3O6/c1-35-19-10-5-9-18(15-19)30-25(32)22-21-12-13-28(37-21)23(22)27(34)31(16-20-11-6-14-36-20)24(28)26(33)29-17-7-3-2-4-8-17/h5,9-10,12-13,15,17,20-24H,2-4,6-8,11,14,16H2,1H3,(H,29,33)(H,30,32)/t20-,21+,22-,23+,24+,28+/m1/s1. The average Bonchev–Trinajstić information content (AvgIpc) is 3.68. The fourth-order valence-corrected chi connectivity index (χ4v) is 6.93. The monoisotopic (exact) mass is 509 g/mol. The molecule has 6 atom stereocenters. The van der Waals surface area contributed by atoms with Crippen molar-refractivity contribution in [1.29, 1.82) is 0 Å². The summed E-state index contributed by atoms with van der Waals surface area (Å²) in [7, 11) is 1.57. The molecule has 3 saturated heterocycles. The number of rotatable bonds is 7. The molecule has 5 aliphatic rings. The summed E-state index contributed by atoms with van der Waals surface area (Å²) in [6, 6.07) is 6.38. The normalized spacial score (nSPS) is 34.6. The molecule has 1 aliphatic carbocycles. The van der Waals surface area contributed by atoms with Crippen molar-refractivity contribution in [3.63, 3.8) is 0 Å². The Hall–Kier alpha value is -2.91. The van der Waals surface area contributed by atoms with Crippen molar-refractivity contribution >= 4 is 23.4 Å². The predicted octanol–water partition coefficient (Wildman–Crippen LogP) is 2.41. The van der Waals surface area contributed by atoms with Gasteiger partial charge in [0.05, 0.1) is 31.2 Å². The molecule has 1 spiro atoms. The van der Waals surface area contributed by atoms with Gasteiger partial charge >= 0.3 is 0 Å². The molecule has 3 amide bonds. The van der Waals surface area contributed by atoms with Gasteiger partial charge in [-0.15, -0.1) is 0 Å². The summed E-state index contributed by atoms with van der Waals surface area (Å²) in [4.78, 5) is 43.1. The Kier molecular flexibility index (Phi) is 6.44. The third-order valence-electron chi connectivity index (χ3n) is 8.64. The van der Waals surface area contributed by atoms with Crippen LogP contribution in [0, 0.1) is 11.8 Å². The Balaban J connectivity index is 1.29. The molecule has 198 valence electrons. The van der Waals surface area contributed by atoms with Crippen molar-refractivity contribution < 1.29 is 28.6 Å². The third kappa shape index (κ3) is 4.22. The zero-order valence-electron chi connectivity index (χ0n) is 21.2. The highest BCUT2D eigenvalue weighted by Crippen LogP contribution is 2.55. The fraction of sp³-hybridized carbons (Fsp3) is 0.607. The van der Waals surface area contributed by atoms with Gasteiger partial charge in [0.25, 0.3) is 0 Å². The SMILES string of the molecule is COc1cccc(NC(=O)[C@@H]2[C@@H]3C=C[C@]4(O3)[C@@H]2C(=O)N(C[C@H]2CCCO2)[C@H]4C(=O)NC2CCCCC2)c1. The Morgan fingerprint density at radius 2 is 1.97 bits per heavy atom. The molecule has 9 nitrogen and oxygen atoms in total. The van der Waals surface area contributed by atoms with E-state index in [1.54, 1.807) is 36.3 Å². The Labute approximate surface area is 216 Å². The van der Waals surface area contributed by atoms with E-state index in [9.17, 15) is 14.4 Å². The van der Waals surface area contributed by atoms with Gasteiger partial charge in [-0.2, -0.15) is 0 Å². The van der Waals surface area contributed by atoms with E-state index < -0.39 is 29.6 Å². The molecule has 0 aromatic heterocycles. The maximum absolute atomic E-state index is 14.0. The van der Waals surface area contributed by atoms with Crippen LogP contribution in [0.2, 0.25) is 0 Å². The zero-order valence-corrected chi connectivity index (χ0v) is 21.2.